The van der Waals surface area contributed by atoms with E-state index in [-0.39, 0.29) is 5.41 Å². The van der Waals surface area contributed by atoms with E-state index >= 15 is 0 Å². The van der Waals surface area contributed by atoms with Crippen molar-refractivity contribution in [3.8, 4) is 44.5 Å². The van der Waals surface area contributed by atoms with Gasteiger partial charge in [0.15, 0.2) is 0 Å². The van der Waals surface area contributed by atoms with Crippen LogP contribution in [0.4, 0.5) is 0 Å². The molecule has 13 aromatic rings. The lowest BCUT2D eigenvalue weighted by molar-refractivity contribution is 0.660. The summed E-state index contributed by atoms with van der Waals surface area (Å²) in [5, 5.41) is 17.0. The summed E-state index contributed by atoms with van der Waals surface area (Å²) in [5.41, 5.74) is 14.7. The van der Waals surface area contributed by atoms with Gasteiger partial charge in [0.2, 0.25) is 0 Å². The first kappa shape index (κ1) is 35.6. The molecule has 0 bridgehead atoms. The molecule has 0 unspecified atom stereocenters. The minimum atomic E-state index is -0.0376. The summed E-state index contributed by atoms with van der Waals surface area (Å²) in [7, 11) is 0. The third-order valence-corrected chi connectivity index (χ3v) is 14.6. The predicted molar refractivity (Wildman–Crippen MR) is 273 cm³/mol. The lowest BCUT2D eigenvalue weighted by Crippen LogP contribution is -2.14. The Bertz CT molecular complexity index is 4100. The summed E-state index contributed by atoms with van der Waals surface area (Å²) in [5.74, 6) is 0. The van der Waals surface area contributed by atoms with Gasteiger partial charge in [0.05, 0.1) is 0 Å². The summed E-state index contributed by atoms with van der Waals surface area (Å²) in [6, 6.07) is 76.5. The van der Waals surface area contributed by atoms with Crippen molar-refractivity contribution < 1.29 is 4.42 Å². The van der Waals surface area contributed by atoms with Crippen LogP contribution in [0.3, 0.4) is 0 Å². The van der Waals surface area contributed by atoms with E-state index in [0.717, 1.165) is 27.5 Å². The van der Waals surface area contributed by atoms with Crippen LogP contribution in [0.5, 0.6) is 0 Å². The van der Waals surface area contributed by atoms with E-state index in [2.05, 4.69) is 220 Å². The van der Waals surface area contributed by atoms with Crippen LogP contribution in [-0.2, 0) is 5.41 Å². The lowest BCUT2D eigenvalue weighted by atomic mass is 9.81. The molecule has 0 aliphatic heterocycles. The van der Waals surface area contributed by atoms with Crippen LogP contribution < -0.4 is 0 Å². The van der Waals surface area contributed by atoms with Gasteiger partial charge < -0.3 is 4.42 Å². The second-order valence-corrected chi connectivity index (χ2v) is 18.3. The quantitative estimate of drug-likeness (QED) is 0.128. The molecule has 1 nitrogen and oxygen atoms in total. The third-order valence-electron chi connectivity index (χ3n) is 14.6. The molecule has 1 heterocycles. The van der Waals surface area contributed by atoms with Gasteiger partial charge in [0, 0.05) is 27.0 Å². The first-order chi connectivity index (χ1) is 31.5. The van der Waals surface area contributed by atoms with Crippen molar-refractivity contribution >= 4 is 86.6 Å². The van der Waals surface area contributed by atoms with Crippen molar-refractivity contribution in [3.05, 3.63) is 217 Å². The maximum Gasteiger partial charge on any atom is 0.143 e. The molecule has 298 valence electrons. The molecule has 0 radical (unpaired) electrons. The minimum absolute atomic E-state index is 0.0376. The molecule has 1 aliphatic carbocycles. The fourth-order valence-electron chi connectivity index (χ4n) is 11.7. The molecule has 1 heteroatoms. The van der Waals surface area contributed by atoms with E-state index in [1.54, 1.807) is 0 Å². The average Bonchev–Trinajstić information content (AvgIpc) is 3.87. The average molecular weight is 813 g/mol. The Morgan fingerprint density at radius 2 is 0.703 bits per heavy atom. The van der Waals surface area contributed by atoms with Crippen LogP contribution in [0.2, 0.25) is 0 Å². The summed E-state index contributed by atoms with van der Waals surface area (Å²) >= 11 is 0. The summed E-state index contributed by atoms with van der Waals surface area (Å²) in [6.07, 6.45) is 0. The molecule has 1 aliphatic rings. The highest BCUT2D eigenvalue weighted by Gasteiger charge is 2.35. The van der Waals surface area contributed by atoms with Crippen LogP contribution in [0.1, 0.15) is 25.0 Å². The van der Waals surface area contributed by atoms with Gasteiger partial charge in [-0.15, -0.1) is 0 Å². The highest BCUT2D eigenvalue weighted by molar-refractivity contribution is 6.38. The maximum absolute atomic E-state index is 7.18. The Morgan fingerprint density at radius 3 is 1.33 bits per heavy atom. The zero-order chi connectivity index (χ0) is 42.3. The van der Waals surface area contributed by atoms with Gasteiger partial charge in [-0.2, -0.15) is 0 Å². The van der Waals surface area contributed by atoms with Crippen molar-refractivity contribution in [3.63, 3.8) is 0 Å². The van der Waals surface area contributed by atoms with Crippen molar-refractivity contribution in [2.75, 3.05) is 0 Å². The van der Waals surface area contributed by atoms with Gasteiger partial charge in [-0.1, -0.05) is 202 Å². The highest BCUT2D eigenvalue weighted by atomic mass is 16.3. The summed E-state index contributed by atoms with van der Waals surface area (Å²) in [4.78, 5) is 0. The van der Waals surface area contributed by atoms with Crippen molar-refractivity contribution in [2.45, 2.75) is 19.3 Å². The Morgan fingerprint density at radius 1 is 0.281 bits per heavy atom. The molecule has 1 aromatic heterocycles. The molecule has 64 heavy (non-hydrogen) atoms. The molecule has 0 atom stereocenters. The standard InChI is InChI=1S/C63H40O/c1-63(2)55-29-14-13-21-45(55)53-36-40(31-33-56(53)63)58-50-26-10-8-24-48(50)57(49-25-9-11-27-51(49)58)39-17-15-16-37(34-39)38-30-32-44-42-19-4-7-23-47(42)60-59-46-22-6-3-18-41(46)43-20-5-12-28-52(43)61(59)64-62(60)54(44)35-38/h3-36H,1-2H3. The van der Waals surface area contributed by atoms with Gasteiger partial charge in [0.25, 0.3) is 0 Å². The van der Waals surface area contributed by atoms with E-state index in [1.165, 1.54) is 115 Å². The fraction of sp³-hybridized carbons (Fsp3) is 0.0476. The van der Waals surface area contributed by atoms with Gasteiger partial charge in [-0.3, -0.25) is 0 Å². The molecule has 0 amide bonds. The van der Waals surface area contributed by atoms with Gasteiger partial charge in [-0.25, -0.2) is 0 Å². The SMILES string of the molecule is CC1(C)c2ccccc2-c2cc(-c3c4ccccc4c(-c4cccc(-c5ccc6c7ccccc7c7c(oc8c9ccccc9c9ccccc9c87)c6c5)c4)c4ccccc34)ccc21. The molecular formula is C63H40O. The Labute approximate surface area is 370 Å². The second-order valence-electron chi connectivity index (χ2n) is 18.3. The maximum atomic E-state index is 7.18. The van der Waals surface area contributed by atoms with Crippen LogP contribution >= 0.6 is 0 Å². The summed E-state index contributed by atoms with van der Waals surface area (Å²) in [6.45, 7) is 4.71. The number of fused-ring (bicyclic) bond motifs is 18. The number of furan rings is 1. The largest absolute Gasteiger partial charge is 0.455 e. The predicted octanol–water partition coefficient (Wildman–Crippen LogP) is 17.8. The molecule has 0 fully saturated rings. The normalized spacial score (nSPS) is 13.3. The van der Waals surface area contributed by atoms with Crippen LogP contribution in [0, 0.1) is 0 Å². The zero-order valence-corrected chi connectivity index (χ0v) is 35.5. The molecule has 0 spiro atoms. The molecule has 14 rings (SSSR count). The second kappa shape index (κ2) is 13.0. The topological polar surface area (TPSA) is 13.1 Å². The number of benzene rings is 12. The van der Waals surface area contributed by atoms with Gasteiger partial charge in [-0.05, 0) is 128 Å². The molecule has 0 saturated heterocycles. The molecule has 12 aromatic carbocycles. The van der Waals surface area contributed by atoms with Crippen molar-refractivity contribution in [2.24, 2.45) is 0 Å². The Kier molecular flexibility index (Phi) is 7.24. The summed E-state index contributed by atoms with van der Waals surface area (Å²) < 4.78 is 7.18. The first-order valence-electron chi connectivity index (χ1n) is 22.4. The third kappa shape index (κ3) is 4.79. The smallest absolute Gasteiger partial charge is 0.143 e. The van der Waals surface area contributed by atoms with Crippen molar-refractivity contribution in [1.82, 2.24) is 0 Å². The van der Waals surface area contributed by atoms with Crippen LogP contribution in [-0.4, -0.2) is 0 Å². The minimum Gasteiger partial charge on any atom is -0.455 e. The van der Waals surface area contributed by atoms with E-state index in [0.29, 0.717) is 0 Å². The first-order valence-corrected chi connectivity index (χ1v) is 22.4. The van der Waals surface area contributed by atoms with Crippen LogP contribution in [0.25, 0.3) is 131 Å². The zero-order valence-electron chi connectivity index (χ0n) is 35.5. The van der Waals surface area contributed by atoms with E-state index in [4.69, 9.17) is 4.42 Å². The number of hydrogen-bond acceptors (Lipinski definition) is 1. The lowest BCUT2D eigenvalue weighted by Gasteiger charge is -2.22. The van der Waals surface area contributed by atoms with Gasteiger partial charge >= 0.3 is 0 Å². The fourth-order valence-corrected chi connectivity index (χ4v) is 11.7. The number of rotatable bonds is 3. The van der Waals surface area contributed by atoms with Gasteiger partial charge in [0.1, 0.15) is 11.2 Å². The van der Waals surface area contributed by atoms with E-state index in [9.17, 15) is 0 Å². The molecule has 0 N–H and O–H groups in total. The number of hydrogen-bond donors (Lipinski definition) is 0. The Balaban J connectivity index is 0.988. The Hall–Kier alpha value is -8.00. The molecular weight excluding hydrogens is 773 g/mol. The van der Waals surface area contributed by atoms with Crippen molar-refractivity contribution in [1.29, 1.82) is 0 Å². The van der Waals surface area contributed by atoms with Crippen LogP contribution in [0.15, 0.2) is 211 Å². The monoisotopic (exact) mass is 812 g/mol. The molecule has 0 saturated carbocycles. The highest BCUT2D eigenvalue weighted by Crippen LogP contribution is 2.52. The van der Waals surface area contributed by atoms with E-state index in [1.807, 2.05) is 0 Å². The van der Waals surface area contributed by atoms with E-state index < -0.39 is 0 Å².